The van der Waals surface area contributed by atoms with Crippen LogP contribution in [0, 0.1) is 11.8 Å². The summed E-state index contributed by atoms with van der Waals surface area (Å²) in [5, 5.41) is 0.641. The van der Waals surface area contributed by atoms with Gasteiger partial charge >= 0.3 is 0 Å². The van der Waals surface area contributed by atoms with Gasteiger partial charge in [0.1, 0.15) is 5.69 Å². The van der Waals surface area contributed by atoms with Gasteiger partial charge in [0.05, 0.1) is 10.9 Å². The predicted octanol–water partition coefficient (Wildman–Crippen LogP) is 2.42. The third kappa shape index (κ3) is 2.99. The van der Waals surface area contributed by atoms with E-state index >= 15 is 0 Å². The minimum atomic E-state index is 0.0259. The van der Waals surface area contributed by atoms with E-state index in [9.17, 15) is 4.79 Å². The summed E-state index contributed by atoms with van der Waals surface area (Å²) in [4.78, 5) is 23.8. The van der Waals surface area contributed by atoms with Gasteiger partial charge in [0.25, 0.3) is 5.56 Å². The molecule has 3 aromatic rings. The lowest BCUT2D eigenvalue weighted by atomic mass is 10.1. The smallest absolute Gasteiger partial charge is 0.262 e. The highest BCUT2D eigenvalue weighted by atomic mass is 16.1. The monoisotopic (exact) mass is 330 g/mol. The van der Waals surface area contributed by atoms with Gasteiger partial charge in [0, 0.05) is 31.9 Å². The average Bonchev–Trinajstić information content (AvgIpc) is 2.83. The van der Waals surface area contributed by atoms with Crippen LogP contribution in [0.4, 0.5) is 5.95 Å². The first-order valence-electron chi connectivity index (χ1n) is 8.41. The molecule has 5 heteroatoms. The molecule has 5 nitrogen and oxygen atoms in total. The van der Waals surface area contributed by atoms with Crippen molar-refractivity contribution in [1.82, 2.24) is 14.5 Å². The molecule has 25 heavy (non-hydrogen) atoms. The zero-order valence-corrected chi connectivity index (χ0v) is 14.1. The molecule has 0 amide bonds. The van der Waals surface area contributed by atoms with Crippen molar-refractivity contribution in [1.29, 1.82) is 0 Å². The average molecular weight is 330 g/mol. The summed E-state index contributed by atoms with van der Waals surface area (Å²) in [7, 11) is 1.99. The minimum absolute atomic E-state index is 0.0259. The number of pyridine rings is 1. The maximum Gasteiger partial charge on any atom is 0.262 e. The molecule has 124 valence electrons. The number of nitrogens with zero attached hydrogens (tertiary/aromatic N) is 4. The Morgan fingerprint density at radius 1 is 1.08 bits per heavy atom. The van der Waals surface area contributed by atoms with E-state index in [1.807, 2.05) is 43.4 Å². The second kappa shape index (κ2) is 6.40. The Morgan fingerprint density at radius 2 is 1.96 bits per heavy atom. The largest absolute Gasteiger partial charge is 0.345 e. The molecule has 0 saturated heterocycles. The van der Waals surface area contributed by atoms with Crippen molar-refractivity contribution in [3.05, 3.63) is 64.2 Å². The highest BCUT2D eigenvalue weighted by molar-refractivity contribution is 5.80. The van der Waals surface area contributed by atoms with E-state index in [1.54, 1.807) is 10.8 Å². The topological polar surface area (TPSA) is 51.0 Å². The van der Waals surface area contributed by atoms with E-state index < -0.39 is 0 Å². The molecule has 0 spiro atoms. The summed E-state index contributed by atoms with van der Waals surface area (Å²) in [5.74, 6) is 6.88. The highest BCUT2D eigenvalue weighted by Gasteiger charge is 2.17. The van der Waals surface area contributed by atoms with Crippen LogP contribution in [0.25, 0.3) is 10.9 Å². The second-order valence-electron chi connectivity index (χ2n) is 6.19. The molecule has 0 aliphatic carbocycles. The van der Waals surface area contributed by atoms with Gasteiger partial charge in [-0.15, -0.1) is 0 Å². The van der Waals surface area contributed by atoms with Gasteiger partial charge in [-0.2, -0.15) is 0 Å². The fourth-order valence-electron chi connectivity index (χ4n) is 3.07. The molecule has 0 atom stereocenters. The third-order valence-electron chi connectivity index (χ3n) is 4.40. The molecule has 0 saturated carbocycles. The Hall–Kier alpha value is -3.13. The minimum Gasteiger partial charge on any atom is -0.345 e. The molecule has 0 N–H and O–H groups in total. The van der Waals surface area contributed by atoms with Crippen LogP contribution >= 0.6 is 0 Å². The zero-order valence-electron chi connectivity index (χ0n) is 14.1. The van der Waals surface area contributed by atoms with Gasteiger partial charge in [0.15, 0.2) is 0 Å². The van der Waals surface area contributed by atoms with E-state index in [0.717, 1.165) is 43.1 Å². The maximum absolute atomic E-state index is 12.8. The standard InChI is InChI=1S/C20H18N4O/c1-23-12-4-5-13-24-19(25)17-10-8-15(14-18(17)22-20(23)24)7-9-16-6-2-3-11-21-16/h2-3,6,8,10-11,14H,4-5,12-13H2,1H3. The van der Waals surface area contributed by atoms with E-state index in [2.05, 4.69) is 21.7 Å². The molecule has 0 bridgehead atoms. The number of rotatable bonds is 0. The fourth-order valence-corrected chi connectivity index (χ4v) is 3.07. The van der Waals surface area contributed by atoms with Crippen molar-refractivity contribution in [3.8, 4) is 11.8 Å². The van der Waals surface area contributed by atoms with Crippen molar-refractivity contribution in [2.24, 2.45) is 0 Å². The van der Waals surface area contributed by atoms with Gasteiger partial charge in [-0.1, -0.05) is 12.0 Å². The van der Waals surface area contributed by atoms with Crippen molar-refractivity contribution < 1.29 is 0 Å². The molecular formula is C20H18N4O. The first-order chi connectivity index (χ1) is 12.2. The highest BCUT2D eigenvalue weighted by Crippen LogP contribution is 2.19. The second-order valence-corrected chi connectivity index (χ2v) is 6.19. The zero-order chi connectivity index (χ0) is 17.2. The number of fused-ring (bicyclic) bond motifs is 2. The van der Waals surface area contributed by atoms with Crippen LogP contribution in [0.5, 0.6) is 0 Å². The van der Waals surface area contributed by atoms with Crippen LogP contribution in [0.15, 0.2) is 47.4 Å². The quantitative estimate of drug-likeness (QED) is 0.594. The number of hydrogen-bond acceptors (Lipinski definition) is 4. The molecule has 2 aromatic heterocycles. The van der Waals surface area contributed by atoms with Crippen molar-refractivity contribution in [2.75, 3.05) is 18.5 Å². The first-order valence-corrected chi connectivity index (χ1v) is 8.41. The third-order valence-corrected chi connectivity index (χ3v) is 4.40. The van der Waals surface area contributed by atoms with Crippen LogP contribution in [0.1, 0.15) is 24.1 Å². The summed E-state index contributed by atoms with van der Waals surface area (Å²) in [6.07, 6.45) is 3.78. The van der Waals surface area contributed by atoms with Crippen molar-refractivity contribution in [2.45, 2.75) is 19.4 Å². The molecule has 1 aromatic carbocycles. The molecule has 4 rings (SSSR count). The molecule has 0 radical (unpaired) electrons. The van der Waals surface area contributed by atoms with Crippen LogP contribution in [0.3, 0.4) is 0 Å². The molecule has 1 aliphatic heterocycles. The van der Waals surface area contributed by atoms with Crippen LogP contribution in [0.2, 0.25) is 0 Å². The van der Waals surface area contributed by atoms with Crippen molar-refractivity contribution in [3.63, 3.8) is 0 Å². The van der Waals surface area contributed by atoms with Gasteiger partial charge in [-0.3, -0.25) is 9.36 Å². The van der Waals surface area contributed by atoms with Crippen molar-refractivity contribution >= 4 is 16.9 Å². The first kappa shape index (κ1) is 15.4. The Labute approximate surface area is 146 Å². The van der Waals surface area contributed by atoms with Gasteiger partial charge in [-0.25, -0.2) is 9.97 Å². The van der Waals surface area contributed by atoms with Crippen LogP contribution < -0.4 is 10.5 Å². The predicted molar refractivity (Wildman–Crippen MR) is 98.7 cm³/mol. The molecule has 1 aliphatic rings. The normalized spacial score (nSPS) is 13.7. The maximum atomic E-state index is 12.8. The van der Waals surface area contributed by atoms with Crippen LogP contribution in [-0.4, -0.2) is 28.1 Å². The van der Waals surface area contributed by atoms with Gasteiger partial charge in [0.2, 0.25) is 5.95 Å². The van der Waals surface area contributed by atoms with E-state index in [0.29, 0.717) is 10.9 Å². The summed E-state index contributed by atoms with van der Waals surface area (Å²) in [5.41, 5.74) is 2.26. The van der Waals surface area contributed by atoms with E-state index in [-0.39, 0.29) is 5.56 Å². The SMILES string of the molecule is CN1CCCCn2c1nc1cc(C#Cc3ccccn3)ccc1c2=O. The lowest BCUT2D eigenvalue weighted by Gasteiger charge is -2.18. The lowest BCUT2D eigenvalue weighted by Crippen LogP contribution is -2.28. The van der Waals surface area contributed by atoms with Gasteiger partial charge in [-0.05, 0) is 49.1 Å². The number of benzene rings is 1. The Balaban J connectivity index is 1.81. The van der Waals surface area contributed by atoms with Crippen LogP contribution in [-0.2, 0) is 6.54 Å². The fraction of sp³-hybridized carbons (Fsp3) is 0.250. The summed E-state index contributed by atoms with van der Waals surface area (Å²) < 4.78 is 1.79. The summed E-state index contributed by atoms with van der Waals surface area (Å²) in [6.45, 7) is 1.64. The van der Waals surface area contributed by atoms with E-state index in [1.165, 1.54) is 0 Å². The number of aromatic nitrogens is 3. The number of hydrogen-bond donors (Lipinski definition) is 0. The lowest BCUT2D eigenvalue weighted by molar-refractivity contribution is 0.636. The molecular weight excluding hydrogens is 312 g/mol. The number of anilines is 1. The van der Waals surface area contributed by atoms with Gasteiger partial charge < -0.3 is 4.90 Å². The Kier molecular flexibility index (Phi) is 3.95. The molecule has 3 heterocycles. The Bertz CT molecular complexity index is 1040. The summed E-state index contributed by atoms with van der Waals surface area (Å²) >= 11 is 0. The Morgan fingerprint density at radius 3 is 2.80 bits per heavy atom. The molecule has 0 fully saturated rings. The summed E-state index contributed by atoms with van der Waals surface area (Å²) in [6, 6.07) is 11.2. The van der Waals surface area contributed by atoms with E-state index in [4.69, 9.17) is 4.98 Å². The molecule has 0 unspecified atom stereocenters.